The number of benzene rings is 2. The fourth-order valence-electron chi connectivity index (χ4n) is 4.80. The first-order valence-corrected chi connectivity index (χ1v) is 11.0. The van der Waals surface area contributed by atoms with Gasteiger partial charge in [0.25, 0.3) is 0 Å². The van der Waals surface area contributed by atoms with Crippen LogP contribution in [0, 0.1) is 11.3 Å². The molecule has 1 N–H and O–H groups in total. The van der Waals surface area contributed by atoms with Crippen molar-refractivity contribution in [3.63, 3.8) is 0 Å². The Kier molecular flexibility index (Phi) is 2.60. The van der Waals surface area contributed by atoms with Gasteiger partial charge in [-0.2, -0.15) is 5.26 Å². The zero-order valence-corrected chi connectivity index (χ0v) is 19.1. The van der Waals surface area contributed by atoms with Crippen molar-refractivity contribution in [1.82, 2.24) is 9.88 Å². The average Bonchev–Trinajstić information content (AvgIpc) is 3.45. The monoisotopic (exact) mass is 500 g/mol. The number of aromatic amines is 1. The second kappa shape index (κ2) is 8.76. The Hall–Kier alpha value is -3.14. The van der Waals surface area contributed by atoms with E-state index < -0.39 is 107 Å². The number of H-pyrrole nitrogens is 1. The number of rotatable bonds is 3. The van der Waals surface area contributed by atoms with Crippen LogP contribution in [0.4, 0.5) is 5.69 Å². The van der Waals surface area contributed by atoms with Crippen LogP contribution >= 0.6 is 0 Å². The van der Waals surface area contributed by atoms with Gasteiger partial charge < -0.3 is 14.6 Å². The van der Waals surface area contributed by atoms with E-state index in [9.17, 15) is 11.4 Å². The highest BCUT2D eigenvalue weighted by molar-refractivity contribution is 6.20. The Morgan fingerprint density at radius 2 is 2.08 bits per heavy atom. The highest BCUT2D eigenvalue weighted by Crippen LogP contribution is 2.46. The van der Waals surface area contributed by atoms with Gasteiger partial charge in [-0.05, 0) is 54.5 Å². The number of piperidine rings is 1. The maximum atomic E-state index is 14.3. The van der Waals surface area contributed by atoms with Gasteiger partial charge in [0.15, 0.2) is 5.78 Å². The van der Waals surface area contributed by atoms with Crippen LogP contribution < -0.4 is 4.90 Å². The third-order valence-corrected chi connectivity index (χ3v) is 6.58. The van der Waals surface area contributed by atoms with Gasteiger partial charge in [-0.3, -0.25) is 9.69 Å². The first kappa shape index (κ1) is 10.7. The predicted molar refractivity (Wildman–Crippen MR) is 142 cm³/mol. The fraction of sp³-hybridized carbons (Fsp3) is 0.467. The third kappa shape index (κ3) is 3.56. The van der Waals surface area contributed by atoms with E-state index in [-0.39, 0.29) is 33.6 Å². The van der Waals surface area contributed by atoms with Crippen LogP contribution in [-0.2, 0) is 16.5 Å². The quantitative estimate of drug-likeness (QED) is 0.561. The van der Waals surface area contributed by atoms with Crippen molar-refractivity contribution >= 4 is 22.4 Å². The number of aryl methyl sites for hydroxylation is 1. The van der Waals surface area contributed by atoms with E-state index in [4.69, 9.17) is 23.3 Å². The summed E-state index contributed by atoms with van der Waals surface area (Å²) in [6.45, 7) is -19.4. The van der Waals surface area contributed by atoms with E-state index in [0.29, 0.717) is 10.9 Å². The first-order chi connectivity index (χ1) is 24.6. The van der Waals surface area contributed by atoms with E-state index in [2.05, 4.69) is 9.72 Å². The molecule has 6 rings (SSSR count). The average molecular weight is 501 g/mol. The highest BCUT2D eigenvalue weighted by atomic mass is 16.5. The van der Waals surface area contributed by atoms with Crippen LogP contribution in [0.2, 0.25) is 0 Å². The van der Waals surface area contributed by atoms with Crippen molar-refractivity contribution in [2.75, 3.05) is 44.1 Å². The minimum absolute atomic E-state index is 0.0164. The lowest BCUT2D eigenvalue weighted by Gasteiger charge is -2.42. The number of nitrogens with one attached hydrogen (secondary N) is 1. The Balaban J connectivity index is 1.58. The van der Waals surface area contributed by atoms with Gasteiger partial charge in [-0.1, -0.05) is 26.8 Å². The van der Waals surface area contributed by atoms with Crippen LogP contribution in [0.1, 0.15) is 96.4 Å². The van der Waals surface area contributed by atoms with Gasteiger partial charge in [0.2, 0.25) is 0 Å². The predicted octanol–water partition coefficient (Wildman–Crippen LogP) is 4.77. The maximum absolute atomic E-state index is 14.3. The summed E-state index contributed by atoms with van der Waals surface area (Å²) >= 11 is 0. The Morgan fingerprint density at radius 3 is 2.81 bits per heavy atom. The second-order valence-corrected chi connectivity index (χ2v) is 8.67. The number of aromatic nitrogens is 1. The molecule has 0 spiro atoms. The Labute approximate surface area is 238 Å². The molecule has 1 aliphatic carbocycles. The molecule has 0 saturated carbocycles. The van der Waals surface area contributed by atoms with Crippen molar-refractivity contribution in [2.45, 2.75) is 51.3 Å². The van der Waals surface area contributed by atoms with E-state index in [1.54, 1.807) is 0 Å². The molecule has 0 amide bonds. The summed E-state index contributed by atoms with van der Waals surface area (Å²) in [7, 11) is 0. The van der Waals surface area contributed by atoms with E-state index >= 15 is 0 Å². The Morgan fingerprint density at radius 1 is 1.28 bits per heavy atom. The van der Waals surface area contributed by atoms with Gasteiger partial charge in [0.05, 0.1) is 35.8 Å². The van der Waals surface area contributed by atoms with E-state index in [1.807, 2.05) is 6.07 Å². The van der Waals surface area contributed by atoms with Crippen molar-refractivity contribution in [2.24, 2.45) is 0 Å². The normalized spacial score (nSPS) is 37.2. The number of fused-ring (bicyclic) bond motifs is 4. The van der Waals surface area contributed by atoms with Crippen molar-refractivity contribution in [3.8, 4) is 6.07 Å². The molecular weight excluding hydrogens is 448 g/mol. The molecule has 0 atom stereocenters. The second-order valence-electron chi connectivity index (χ2n) is 8.67. The molecule has 2 aliphatic heterocycles. The molecule has 186 valence electrons. The lowest BCUT2D eigenvalue weighted by molar-refractivity contribution is 0.0115. The molecule has 0 radical (unpaired) electrons. The molecule has 3 aromatic rings. The van der Waals surface area contributed by atoms with Gasteiger partial charge in [-0.15, -0.1) is 0 Å². The van der Waals surface area contributed by atoms with Crippen LogP contribution in [-0.4, -0.2) is 60.9 Å². The molecule has 36 heavy (non-hydrogen) atoms. The number of hydrogen-bond donors (Lipinski definition) is 1. The largest absolute Gasteiger partial charge is 0.379 e. The molecular formula is C30H34N4O2. The summed E-state index contributed by atoms with van der Waals surface area (Å²) in [5, 5.41) is 9.84. The smallest absolute Gasteiger partial charge is 0.195 e. The van der Waals surface area contributed by atoms with Gasteiger partial charge >= 0.3 is 0 Å². The molecule has 0 bridgehead atoms. The number of anilines is 1. The maximum Gasteiger partial charge on any atom is 0.195 e. The Bertz CT molecular complexity index is 2060. The number of carbonyl (C=O) groups excluding carboxylic acids is 1. The number of hydrogen-bond acceptors (Lipinski definition) is 5. The number of ether oxygens (including phenoxy) is 1. The molecule has 2 aromatic carbocycles. The number of morpholine rings is 1. The van der Waals surface area contributed by atoms with E-state index in [0.717, 1.165) is 11.0 Å². The minimum Gasteiger partial charge on any atom is -0.379 e. The van der Waals surface area contributed by atoms with Gasteiger partial charge in [0.1, 0.15) is 0 Å². The molecule has 3 aliphatic rings. The van der Waals surface area contributed by atoms with Crippen LogP contribution in [0.15, 0.2) is 30.3 Å². The van der Waals surface area contributed by atoms with Crippen LogP contribution in [0.5, 0.6) is 0 Å². The van der Waals surface area contributed by atoms with Crippen molar-refractivity contribution in [1.29, 1.82) is 5.26 Å². The van der Waals surface area contributed by atoms with Crippen LogP contribution in [0.3, 0.4) is 0 Å². The van der Waals surface area contributed by atoms with Crippen molar-refractivity contribution < 1.29 is 34.2 Å². The summed E-state index contributed by atoms with van der Waals surface area (Å²) in [5.41, 5.74) is -1.57. The summed E-state index contributed by atoms with van der Waals surface area (Å²) in [6, 6.07) is 5.09. The summed E-state index contributed by atoms with van der Waals surface area (Å²) in [4.78, 5) is 17.9. The molecule has 1 aromatic heterocycles. The molecule has 0 unspecified atom stereocenters. The standard InChI is InChI=1S/C30H34N4O2/c1-4-20-16-23-24(17-26(20)34-9-7-21(8-10-34)33-11-13-36-14-12-33)30(2,3)29-27(28(23)35)22-6-5-19(18-31)15-25(22)32-29/h5-6,15-17,21,32H,4,7-14H2,1-3H3/i1D,2D,3D,4D2,7D2,8D2,11D2,12D2,13D2,14D2,21D. The minimum atomic E-state index is -3.85. The molecule has 2 fully saturated rings. The fourth-order valence-corrected chi connectivity index (χ4v) is 4.80. The molecule has 2 saturated heterocycles. The topological polar surface area (TPSA) is 72.4 Å². The third-order valence-electron chi connectivity index (χ3n) is 6.58. The van der Waals surface area contributed by atoms with Gasteiger partial charge in [0, 0.05) is 84.6 Å². The SMILES string of the molecule is [2H]CC([2H])([2H])c1cc2c(cc1N1CC([2H])([2H])C([2H])(N3C([2H])([2H])C([2H])([2H])OC([2H])([2H])C3([2H])[2H])C([2H])([2H])C1)C(C[2H])(C[2H])c1[nH]c3cc(C#N)ccc3c1C2=O. The van der Waals surface area contributed by atoms with Crippen molar-refractivity contribution in [3.05, 3.63) is 63.8 Å². The lowest BCUT2D eigenvalue weighted by atomic mass is 9.70. The number of nitrogens with zero attached hydrogens (tertiary/aromatic N) is 3. The highest BCUT2D eigenvalue weighted by Gasteiger charge is 2.40. The van der Waals surface area contributed by atoms with Crippen LogP contribution in [0.25, 0.3) is 10.9 Å². The summed E-state index contributed by atoms with van der Waals surface area (Å²) in [5.74, 6) is -0.642. The number of carbonyl (C=O) groups is 1. The first-order valence-electron chi connectivity index (χ1n) is 20.6. The van der Waals surface area contributed by atoms with E-state index in [1.165, 1.54) is 24.3 Å². The van der Waals surface area contributed by atoms with Gasteiger partial charge in [-0.25, -0.2) is 0 Å². The summed E-state index contributed by atoms with van der Waals surface area (Å²) in [6.07, 6.45) is -9.46. The zero-order valence-electron chi connectivity index (χ0n) is 37.1. The molecule has 6 heteroatoms. The lowest BCUT2D eigenvalue weighted by Crippen LogP contribution is -2.49. The number of ketones is 1. The molecule has 6 nitrogen and oxygen atoms in total. The number of nitriles is 1. The zero-order chi connectivity index (χ0) is 40.6. The molecule has 3 heterocycles. The summed E-state index contributed by atoms with van der Waals surface area (Å²) < 4.78 is 159.